The molecule has 2 aromatic carbocycles. The summed E-state index contributed by atoms with van der Waals surface area (Å²) in [7, 11) is 0. The number of hydrogen-bond donors (Lipinski definition) is 4. The molecule has 0 aliphatic carbocycles. The highest BCUT2D eigenvalue weighted by Crippen LogP contribution is 2.22. The molecule has 32 heavy (non-hydrogen) atoms. The lowest BCUT2D eigenvalue weighted by molar-refractivity contribution is -0.137. The van der Waals surface area contributed by atoms with E-state index in [1.807, 2.05) is 38.1 Å². The number of benzene rings is 2. The van der Waals surface area contributed by atoms with Crippen molar-refractivity contribution in [2.24, 2.45) is 4.99 Å². The van der Waals surface area contributed by atoms with E-state index in [9.17, 15) is 19.5 Å². The van der Waals surface area contributed by atoms with Crippen LogP contribution < -0.4 is 16.0 Å². The number of amidine groups is 1. The number of aryl methyl sites for hydroxylation is 2. The first-order chi connectivity index (χ1) is 15.3. The highest BCUT2D eigenvalue weighted by atomic mass is 16.4. The van der Waals surface area contributed by atoms with Gasteiger partial charge < -0.3 is 21.1 Å². The van der Waals surface area contributed by atoms with E-state index in [4.69, 9.17) is 0 Å². The molecule has 0 saturated heterocycles. The van der Waals surface area contributed by atoms with Crippen molar-refractivity contribution in [2.75, 3.05) is 18.4 Å². The van der Waals surface area contributed by atoms with Crippen molar-refractivity contribution in [3.8, 4) is 0 Å². The normalized spacial score (nSPS) is 13.8. The summed E-state index contributed by atoms with van der Waals surface area (Å²) in [6.07, 6.45) is 1.65. The maximum Gasteiger partial charge on any atom is 0.305 e. The van der Waals surface area contributed by atoms with E-state index < -0.39 is 23.8 Å². The Kier molecular flexibility index (Phi) is 7.59. The van der Waals surface area contributed by atoms with Gasteiger partial charge in [0, 0.05) is 24.2 Å². The summed E-state index contributed by atoms with van der Waals surface area (Å²) in [5.41, 5.74) is 3.79. The van der Waals surface area contributed by atoms with Gasteiger partial charge in [-0.2, -0.15) is 0 Å². The predicted molar refractivity (Wildman–Crippen MR) is 123 cm³/mol. The van der Waals surface area contributed by atoms with E-state index in [0.29, 0.717) is 5.56 Å². The first kappa shape index (κ1) is 23.0. The van der Waals surface area contributed by atoms with Crippen LogP contribution in [0.15, 0.2) is 47.5 Å². The maximum absolute atomic E-state index is 12.5. The average molecular weight is 437 g/mol. The predicted octanol–water partition coefficient (Wildman–Crippen LogP) is 2.97. The zero-order chi connectivity index (χ0) is 23.1. The molecule has 0 aromatic heterocycles. The molecular formula is C24H28N4O4. The minimum absolute atomic E-state index is 0.248. The Morgan fingerprint density at radius 3 is 2.66 bits per heavy atom. The molecule has 1 heterocycles. The minimum atomic E-state index is -1.02. The molecular weight excluding hydrogens is 408 g/mol. The SMILES string of the molecule is Cc1ccc(C)c([C@H](CC(=O)O)NC(=O)CNC(=O)c2cccc(NC3=NCCC3)c2)c1. The van der Waals surface area contributed by atoms with Crippen molar-refractivity contribution >= 4 is 29.3 Å². The second-order valence-electron chi connectivity index (χ2n) is 7.90. The summed E-state index contributed by atoms with van der Waals surface area (Å²) in [5, 5.41) is 17.8. The van der Waals surface area contributed by atoms with Crippen molar-refractivity contribution in [3.63, 3.8) is 0 Å². The third-order valence-electron chi connectivity index (χ3n) is 5.22. The van der Waals surface area contributed by atoms with E-state index in [1.165, 1.54) is 0 Å². The van der Waals surface area contributed by atoms with E-state index in [0.717, 1.165) is 47.6 Å². The molecule has 0 radical (unpaired) electrons. The van der Waals surface area contributed by atoms with Crippen molar-refractivity contribution in [1.82, 2.24) is 10.6 Å². The van der Waals surface area contributed by atoms with E-state index in [-0.39, 0.29) is 13.0 Å². The first-order valence-electron chi connectivity index (χ1n) is 10.6. The number of nitrogens with zero attached hydrogens (tertiary/aromatic N) is 1. The third-order valence-corrected chi connectivity index (χ3v) is 5.22. The number of carboxylic acids is 1. The number of carbonyl (C=O) groups excluding carboxylic acids is 2. The number of carboxylic acid groups (broad SMARTS) is 1. The Hall–Kier alpha value is -3.68. The van der Waals surface area contributed by atoms with Crippen LogP contribution >= 0.6 is 0 Å². The Balaban J connectivity index is 1.60. The van der Waals surface area contributed by atoms with Crippen molar-refractivity contribution < 1.29 is 19.5 Å². The fraction of sp³-hybridized carbons (Fsp3) is 0.333. The molecule has 8 heteroatoms. The van der Waals surface area contributed by atoms with E-state index in [1.54, 1.807) is 18.2 Å². The smallest absolute Gasteiger partial charge is 0.305 e. The maximum atomic E-state index is 12.5. The number of aliphatic imine (C=N–C) groups is 1. The second kappa shape index (κ2) is 10.6. The molecule has 8 nitrogen and oxygen atoms in total. The fourth-order valence-corrected chi connectivity index (χ4v) is 3.60. The van der Waals surface area contributed by atoms with Crippen LogP contribution in [0.1, 0.15) is 52.4 Å². The number of rotatable bonds is 8. The van der Waals surface area contributed by atoms with Crippen LogP contribution in [0.25, 0.3) is 0 Å². The van der Waals surface area contributed by atoms with Gasteiger partial charge in [-0.05, 0) is 49.6 Å². The Bertz CT molecular complexity index is 1050. The standard InChI is InChI=1S/C24H28N4O4/c1-15-8-9-16(2)19(11-15)20(13-23(30)31)28-22(29)14-26-24(32)17-5-3-6-18(12-17)27-21-7-4-10-25-21/h3,5-6,8-9,11-12,20H,4,7,10,13-14H2,1-2H3,(H,25,27)(H,26,32)(H,28,29)(H,30,31)/t20-/m0/s1. The van der Waals surface area contributed by atoms with Gasteiger partial charge in [-0.15, -0.1) is 0 Å². The molecule has 0 saturated carbocycles. The lowest BCUT2D eigenvalue weighted by Gasteiger charge is -2.20. The van der Waals surface area contributed by atoms with Crippen LogP contribution in [-0.4, -0.2) is 41.8 Å². The second-order valence-corrected chi connectivity index (χ2v) is 7.90. The fourth-order valence-electron chi connectivity index (χ4n) is 3.60. The Morgan fingerprint density at radius 2 is 1.94 bits per heavy atom. The number of hydrogen-bond acceptors (Lipinski definition) is 5. The summed E-state index contributed by atoms with van der Waals surface area (Å²) in [6.45, 7) is 4.33. The number of aliphatic carboxylic acids is 1. The van der Waals surface area contributed by atoms with Gasteiger partial charge in [0.25, 0.3) is 5.91 Å². The van der Waals surface area contributed by atoms with Crippen molar-refractivity contribution in [3.05, 3.63) is 64.7 Å². The third kappa shape index (κ3) is 6.41. The molecule has 2 aromatic rings. The molecule has 2 amide bonds. The summed E-state index contributed by atoms with van der Waals surface area (Å²) in [6, 6.07) is 12.0. The molecule has 0 fully saturated rings. The topological polar surface area (TPSA) is 120 Å². The summed E-state index contributed by atoms with van der Waals surface area (Å²) >= 11 is 0. The van der Waals surface area contributed by atoms with Crippen LogP contribution in [0.2, 0.25) is 0 Å². The Morgan fingerprint density at radius 1 is 1.12 bits per heavy atom. The quantitative estimate of drug-likeness (QED) is 0.507. The van der Waals surface area contributed by atoms with Gasteiger partial charge >= 0.3 is 5.97 Å². The highest BCUT2D eigenvalue weighted by molar-refractivity contribution is 6.00. The molecule has 1 atom stereocenters. The van der Waals surface area contributed by atoms with Crippen molar-refractivity contribution in [1.29, 1.82) is 0 Å². The molecule has 3 rings (SSSR count). The van der Waals surface area contributed by atoms with Gasteiger partial charge in [0.1, 0.15) is 5.84 Å². The number of anilines is 1. The minimum Gasteiger partial charge on any atom is -0.481 e. The molecule has 1 aliphatic heterocycles. The van der Waals surface area contributed by atoms with Gasteiger partial charge in [-0.3, -0.25) is 19.4 Å². The molecule has 0 spiro atoms. The van der Waals surface area contributed by atoms with Gasteiger partial charge in [0.2, 0.25) is 5.91 Å². The summed E-state index contributed by atoms with van der Waals surface area (Å²) < 4.78 is 0. The molecule has 0 unspecified atom stereocenters. The number of nitrogens with one attached hydrogen (secondary N) is 3. The monoisotopic (exact) mass is 436 g/mol. The highest BCUT2D eigenvalue weighted by Gasteiger charge is 2.20. The number of carbonyl (C=O) groups is 3. The summed E-state index contributed by atoms with van der Waals surface area (Å²) in [5.74, 6) is -0.965. The van der Waals surface area contributed by atoms with Gasteiger partial charge in [-0.25, -0.2) is 0 Å². The summed E-state index contributed by atoms with van der Waals surface area (Å²) in [4.78, 5) is 40.7. The molecule has 1 aliphatic rings. The van der Waals surface area contributed by atoms with Crippen molar-refractivity contribution in [2.45, 2.75) is 39.2 Å². The van der Waals surface area contributed by atoms with E-state index in [2.05, 4.69) is 20.9 Å². The van der Waals surface area contributed by atoms with Crippen LogP contribution in [0.4, 0.5) is 5.69 Å². The average Bonchev–Trinajstić information content (AvgIpc) is 3.26. The number of amides is 2. The lowest BCUT2D eigenvalue weighted by atomic mass is 9.96. The van der Waals surface area contributed by atoms with Crippen LogP contribution in [-0.2, 0) is 9.59 Å². The molecule has 168 valence electrons. The largest absolute Gasteiger partial charge is 0.481 e. The zero-order valence-electron chi connectivity index (χ0n) is 18.3. The first-order valence-corrected chi connectivity index (χ1v) is 10.6. The Labute approximate surface area is 187 Å². The van der Waals surface area contributed by atoms with Crippen LogP contribution in [0.3, 0.4) is 0 Å². The molecule has 4 N–H and O–H groups in total. The van der Waals surface area contributed by atoms with Gasteiger partial charge in [0.05, 0.1) is 19.0 Å². The zero-order valence-corrected chi connectivity index (χ0v) is 18.3. The van der Waals surface area contributed by atoms with Gasteiger partial charge in [0.15, 0.2) is 0 Å². The molecule has 0 bridgehead atoms. The van der Waals surface area contributed by atoms with Crippen LogP contribution in [0, 0.1) is 13.8 Å². The van der Waals surface area contributed by atoms with Gasteiger partial charge in [-0.1, -0.05) is 29.8 Å². The van der Waals surface area contributed by atoms with E-state index >= 15 is 0 Å². The van der Waals surface area contributed by atoms with Crippen LogP contribution in [0.5, 0.6) is 0 Å². The lowest BCUT2D eigenvalue weighted by Crippen LogP contribution is -2.39.